The molecule has 3 rings (SSSR count). The highest BCUT2D eigenvalue weighted by Gasteiger charge is 2.35. The number of nitrogens with zero attached hydrogens (tertiary/aromatic N) is 1. The lowest BCUT2D eigenvalue weighted by atomic mass is 9.86. The van der Waals surface area contributed by atoms with Crippen molar-refractivity contribution in [2.75, 3.05) is 27.3 Å². The number of nitrogens with two attached hydrogens (primary N) is 1. The van der Waals surface area contributed by atoms with Crippen LogP contribution in [0.2, 0.25) is 0 Å². The van der Waals surface area contributed by atoms with Crippen LogP contribution in [0.4, 0.5) is 0 Å². The smallest absolute Gasteiger partial charge is 0.337 e. The Balaban J connectivity index is 1.92. The van der Waals surface area contributed by atoms with Crippen molar-refractivity contribution in [3.8, 4) is 11.5 Å². The molecule has 2 aliphatic rings. The van der Waals surface area contributed by atoms with Gasteiger partial charge in [0.2, 0.25) is 0 Å². The molecule has 0 fully saturated rings. The molecule has 2 N–H and O–H groups in total. The number of hydrogen-bond acceptors (Lipinski definition) is 6. The third-order valence-corrected chi connectivity index (χ3v) is 4.86. The van der Waals surface area contributed by atoms with Crippen LogP contribution >= 0.6 is 0 Å². The summed E-state index contributed by atoms with van der Waals surface area (Å²) in [4.78, 5) is 14.6. The van der Waals surface area contributed by atoms with E-state index in [0.717, 1.165) is 24.5 Å². The minimum atomic E-state index is -0.302. The molecule has 0 spiro atoms. The molecule has 6 heteroatoms. The van der Waals surface area contributed by atoms with Crippen LogP contribution < -0.4 is 15.2 Å². The molecule has 0 amide bonds. The zero-order chi connectivity index (χ0) is 18.1. The summed E-state index contributed by atoms with van der Waals surface area (Å²) in [5, 5.41) is 0. The van der Waals surface area contributed by atoms with Gasteiger partial charge >= 0.3 is 5.97 Å². The minimum absolute atomic E-state index is 0.149. The Kier molecular flexibility index (Phi) is 4.90. The quantitative estimate of drug-likeness (QED) is 0.842. The summed E-state index contributed by atoms with van der Waals surface area (Å²) in [6, 6.07) is 4.24. The topological polar surface area (TPSA) is 74.0 Å². The number of hydrogen-bond donors (Lipinski definition) is 1. The van der Waals surface area contributed by atoms with Crippen molar-refractivity contribution in [1.29, 1.82) is 0 Å². The lowest BCUT2D eigenvalue weighted by Crippen LogP contribution is -2.43. The molecule has 1 atom stereocenters. The van der Waals surface area contributed by atoms with Crippen LogP contribution in [0.25, 0.3) is 0 Å². The first-order valence-electron chi connectivity index (χ1n) is 8.62. The van der Waals surface area contributed by atoms with Gasteiger partial charge in [0.15, 0.2) is 11.5 Å². The van der Waals surface area contributed by atoms with Crippen LogP contribution in [0.15, 0.2) is 23.4 Å². The fourth-order valence-electron chi connectivity index (χ4n) is 3.63. The van der Waals surface area contributed by atoms with Crippen molar-refractivity contribution in [3.63, 3.8) is 0 Å². The average molecular weight is 346 g/mol. The van der Waals surface area contributed by atoms with Gasteiger partial charge in [-0.2, -0.15) is 0 Å². The molecule has 0 saturated heterocycles. The Morgan fingerprint density at radius 2 is 1.92 bits per heavy atom. The molecule has 0 radical (unpaired) electrons. The first kappa shape index (κ1) is 17.6. The summed E-state index contributed by atoms with van der Waals surface area (Å²) in [7, 11) is 3.29. The van der Waals surface area contributed by atoms with E-state index in [1.54, 1.807) is 14.2 Å². The van der Waals surface area contributed by atoms with Gasteiger partial charge < -0.3 is 19.9 Å². The van der Waals surface area contributed by atoms with Crippen molar-refractivity contribution in [3.05, 3.63) is 34.5 Å². The van der Waals surface area contributed by atoms with Gasteiger partial charge in [-0.25, -0.2) is 4.79 Å². The first-order chi connectivity index (χ1) is 11.9. The summed E-state index contributed by atoms with van der Waals surface area (Å²) < 4.78 is 16.2. The normalized spacial score (nSPS) is 20.1. The maximum absolute atomic E-state index is 12.3. The van der Waals surface area contributed by atoms with Crippen LogP contribution in [-0.4, -0.2) is 44.3 Å². The van der Waals surface area contributed by atoms with Crippen molar-refractivity contribution in [1.82, 2.24) is 4.90 Å². The predicted molar refractivity (Wildman–Crippen MR) is 94.6 cm³/mol. The summed E-state index contributed by atoms with van der Waals surface area (Å²) >= 11 is 0. The van der Waals surface area contributed by atoms with E-state index in [1.807, 2.05) is 26.0 Å². The standard InChI is InChI=1S/C19H26N2O4/c1-11(2)25-19(22)14-10-21-6-5-12-7-17(23-3)18(24-4)8-13(12)16(21)9-15(14)20/h7-8,11,16H,5-6,9-10,20H2,1-4H3. The molecular weight excluding hydrogens is 320 g/mol. The highest BCUT2D eigenvalue weighted by atomic mass is 16.5. The number of carbonyl (C=O) groups excluding carboxylic acids is 1. The Bertz CT molecular complexity index is 712. The van der Waals surface area contributed by atoms with E-state index < -0.39 is 0 Å². The molecule has 1 aromatic carbocycles. The molecular formula is C19H26N2O4. The largest absolute Gasteiger partial charge is 0.493 e. The lowest BCUT2D eigenvalue weighted by Gasteiger charge is -2.41. The number of esters is 1. The van der Waals surface area contributed by atoms with Gasteiger partial charge in [0, 0.05) is 31.2 Å². The Labute approximate surface area is 148 Å². The van der Waals surface area contributed by atoms with Gasteiger partial charge in [-0.3, -0.25) is 4.90 Å². The van der Waals surface area contributed by atoms with Gasteiger partial charge in [0.1, 0.15) is 0 Å². The average Bonchev–Trinajstić information content (AvgIpc) is 2.59. The van der Waals surface area contributed by atoms with Crippen molar-refractivity contribution in [2.24, 2.45) is 5.73 Å². The highest BCUT2D eigenvalue weighted by molar-refractivity contribution is 5.90. The zero-order valence-electron chi connectivity index (χ0n) is 15.3. The second kappa shape index (κ2) is 6.96. The summed E-state index contributed by atoms with van der Waals surface area (Å²) in [5.41, 5.74) is 9.90. The molecule has 0 aromatic heterocycles. The molecule has 2 aliphatic heterocycles. The number of fused-ring (bicyclic) bond motifs is 3. The van der Waals surface area contributed by atoms with E-state index in [9.17, 15) is 4.79 Å². The number of benzene rings is 1. The predicted octanol–water partition coefficient (Wildman–Crippen LogP) is 2.17. The van der Waals surface area contributed by atoms with Crippen molar-refractivity contribution in [2.45, 2.75) is 38.8 Å². The van der Waals surface area contributed by atoms with Gasteiger partial charge in [0.25, 0.3) is 0 Å². The van der Waals surface area contributed by atoms with Crippen molar-refractivity contribution < 1.29 is 19.0 Å². The molecule has 0 saturated carbocycles. The van der Waals surface area contributed by atoms with E-state index in [4.69, 9.17) is 19.9 Å². The van der Waals surface area contributed by atoms with Crippen LogP contribution in [-0.2, 0) is 16.0 Å². The Morgan fingerprint density at radius 3 is 2.56 bits per heavy atom. The van der Waals surface area contributed by atoms with E-state index in [0.29, 0.717) is 24.2 Å². The number of methoxy groups -OCH3 is 2. The van der Waals surface area contributed by atoms with Crippen molar-refractivity contribution >= 4 is 5.97 Å². The first-order valence-corrected chi connectivity index (χ1v) is 8.62. The highest BCUT2D eigenvalue weighted by Crippen LogP contribution is 2.42. The maximum atomic E-state index is 12.3. The fourth-order valence-corrected chi connectivity index (χ4v) is 3.63. The van der Waals surface area contributed by atoms with Crippen LogP contribution in [0.1, 0.15) is 37.4 Å². The summed E-state index contributed by atoms with van der Waals surface area (Å²) in [6.07, 6.45) is 1.37. The Hall–Kier alpha value is -2.21. The second-order valence-corrected chi connectivity index (χ2v) is 6.80. The van der Waals surface area contributed by atoms with E-state index >= 15 is 0 Å². The van der Waals surface area contributed by atoms with Crippen LogP contribution in [0.5, 0.6) is 11.5 Å². The molecule has 1 unspecified atom stereocenters. The number of carbonyl (C=O) groups is 1. The third kappa shape index (κ3) is 3.31. The van der Waals surface area contributed by atoms with E-state index in [-0.39, 0.29) is 18.1 Å². The minimum Gasteiger partial charge on any atom is -0.493 e. The molecule has 2 heterocycles. The lowest BCUT2D eigenvalue weighted by molar-refractivity contribution is -0.143. The van der Waals surface area contributed by atoms with Crippen LogP contribution in [0.3, 0.4) is 0 Å². The summed E-state index contributed by atoms with van der Waals surface area (Å²) in [6.45, 7) is 5.09. The van der Waals surface area contributed by atoms with Crippen LogP contribution in [0, 0.1) is 0 Å². The van der Waals surface area contributed by atoms with Gasteiger partial charge in [0.05, 0.1) is 25.9 Å². The second-order valence-electron chi connectivity index (χ2n) is 6.80. The molecule has 25 heavy (non-hydrogen) atoms. The summed E-state index contributed by atoms with van der Waals surface area (Å²) in [5.74, 6) is 1.16. The zero-order valence-corrected chi connectivity index (χ0v) is 15.3. The van der Waals surface area contributed by atoms with Gasteiger partial charge in [-0.05, 0) is 43.5 Å². The van der Waals surface area contributed by atoms with Gasteiger partial charge in [-0.1, -0.05) is 0 Å². The maximum Gasteiger partial charge on any atom is 0.337 e. The third-order valence-electron chi connectivity index (χ3n) is 4.86. The SMILES string of the molecule is COc1cc2c(cc1OC)C1CC(N)=C(C(=O)OC(C)C)CN1CC2. The molecule has 0 bridgehead atoms. The monoisotopic (exact) mass is 346 g/mol. The van der Waals surface area contributed by atoms with E-state index in [1.165, 1.54) is 11.1 Å². The van der Waals surface area contributed by atoms with Gasteiger partial charge in [-0.15, -0.1) is 0 Å². The molecule has 6 nitrogen and oxygen atoms in total. The molecule has 0 aliphatic carbocycles. The van der Waals surface area contributed by atoms with E-state index in [2.05, 4.69) is 4.90 Å². The number of rotatable bonds is 4. The molecule has 136 valence electrons. The number of ether oxygens (including phenoxy) is 3. The molecule has 1 aromatic rings. The fraction of sp³-hybridized carbons (Fsp3) is 0.526. The Morgan fingerprint density at radius 1 is 1.24 bits per heavy atom.